The summed E-state index contributed by atoms with van der Waals surface area (Å²) in [6.07, 6.45) is 0. The van der Waals surface area contributed by atoms with Crippen LogP contribution in [0.2, 0.25) is 0 Å². The van der Waals surface area contributed by atoms with Crippen molar-refractivity contribution in [3.63, 3.8) is 0 Å². The van der Waals surface area contributed by atoms with Gasteiger partial charge in [0.15, 0.2) is 0 Å². The summed E-state index contributed by atoms with van der Waals surface area (Å²) in [7, 11) is -25.8. The van der Waals surface area contributed by atoms with Crippen LogP contribution < -0.4 is 0 Å². The van der Waals surface area contributed by atoms with E-state index in [-0.39, 0.29) is 128 Å². The summed E-state index contributed by atoms with van der Waals surface area (Å²) in [6, 6.07) is 0. The molecule has 0 amide bonds. The van der Waals surface area contributed by atoms with Crippen molar-refractivity contribution in [1.82, 2.24) is 0 Å². The van der Waals surface area contributed by atoms with Crippen molar-refractivity contribution >= 4 is 52.0 Å². The zero-order valence-corrected chi connectivity index (χ0v) is 24.8. The molecule has 0 aromatic heterocycles. The van der Waals surface area contributed by atoms with Crippen molar-refractivity contribution in [3.05, 3.63) is 0 Å². The molecule has 239 valence electrons. The van der Waals surface area contributed by atoms with Crippen LogP contribution >= 0.6 is 0 Å². The van der Waals surface area contributed by atoms with Crippen LogP contribution in [0.5, 0.6) is 0 Å². The Morgan fingerprint density at radius 2 is 0.250 bits per heavy atom. The van der Waals surface area contributed by atoms with E-state index in [4.69, 9.17) is 87.6 Å². The van der Waals surface area contributed by atoms with Gasteiger partial charge in [-0.25, -0.2) is 0 Å². The van der Waals surface area contributed by atoms with Crippen molar-refractivity contribution in [2.45, 2.75) is 0 Å². The molecule has 0 unspecified atom stereocenters. The molecule has 36 heteroatoms. The smallest absolute Gasteiger partial charge is 0.870 e. The second-order valence-electron chi connectivity index (χ2n) is 2.04. The van der Waals surface area contributed by atoms with Crippen molar-refractivity contribution in [1.29, 1.82) is 0 Å². The van der Waals surface area contributed by atoms with Gasteiger partial charge in [0, 0.05) is 52.0 Å². The van der Waals surface area contributed by atoms with Crippen molar-refractivity contribution in [2.75, 3.05) is 0 Å². The van der Waals surface area contributed by atoms with E-state index in [2.05, 4.69) is 0 Å². The van der Waals surface area contributed by atoms with E-state index in [1.807, 2.05) is 0 Å². The van der Waals surface area contributed by atoms with Crippen molar-refractivity contribution < 1.29 is 216 Å². The Hall–Kier alpha value is 2.19. The zero-order valence-electron chi connectivity index (χ0n) is 14.5. The van der Waals surface area contributed by atoms with E-state index < -0.39 is 52.0 Å². The van der Waals surface area contributed by atoms with Gasteiger partial charge in [-0.15, -0.1) is 0 Å². The quantitative estimate of drug-likeness (QED) is 0.124. The van der Waals surface area contributed by atoms with E-state index in [0.29, 0.717) is 0 Å². The minimum Gasteiger partial charge on any atom is -0.870 e. The first-order chi connectivity index (χ1) is 10.0. The maximum atomic E-state index is 8.52. The molecule has 0 saturated carbocycles. The van der Waals surface area contributed by atoms with E-state index >= 15 is 0 Å². The Balaban J connectivity index is -0.00000000922. The SMILES string of the molecule is O=S(=O)([O-])[O-].O=S(=O)([O-])[O-].O=S(=O)([O-])[O-].O=S(=O)([O-])[O-].O=S(=O)([O-])[O-].[Fe+3].[Fe+3].[Fe+3].[Ni+2].[Ni+2].[Ni+2].[OH-].[OH-].[OH-].[OH-].[OH-]. The molecule has 0 rings (SSSR count). The Morgan fingerprint density at radius 1 is 0.250 bits per heavy atom. The van der Waals surface area contributed by atoms with Crippen LogP contribution in [0.1, 0.15) is 0 Å². The summed E-state index contributed by atoms with van der Waals surface area (Å²) in [5.74, 6) is 0. The Labute approximate surface area is 265 Å². The first-order valence-electron chi connectivity index (χ1n) is 3.33. The molecular formula is H5Fe3Ni3O25S5. The number of hydrogen-bond acceptors (Lipinski definition) is 25. The molecular weight excluding hydrogens is 904 g/mol. The van der Waals surface area contributed by atoms with Gasteiger partial charge in [-0.2, -0.15) is 0 Å². The van der Waals surface area contributed by atoms with E-state index in [1.54, 1.807) is 0 Å². The molecule has 25 nitrogen and oxygen atoms in total. The largest absolute Gasteiger partial charge is 3.00 e. The molecule has 0 aromatic rings. The standard InChI is InChI=1S/3Fe.3Ni.5H2O4S.5H2O/c;;;;;;5*1-5(2,3)4;;;;;/h;;;;;;5*(H2,1,2,3,4);5*1H2/q3*+3;3*+2;;;;;;;;;;/p-15. The second-order valence-corrected chi connectivity index (χ2v) is 6.12. The van der Waals surface area contributed by atoms with Crippen molar-refractivity contribution in [2.24, 2.45) is 0 Å². The second kappa shape index (κ2) is 47.0. The average molecular weight is 909 g/mol. The fraction of sp³-hybridized carbons (Fsp3) is 0. The van der Waals surface area contributed by atoms with E-state index in [0.717, 1.165) is 0 Å². The molecule has 0 aliphatic carbocycles. The minimum atomic E-state index is -5.17. The first-order valence-corrected chi connectivity index (χ1v) is 10.0. The molecule has 36 heavy (non-hydrogen) atoms. The van der Waals surface area contributed by atoms with Gasteiger partial charge >= 0.3 is 101 Å². The van der Waals surface area contributed by atoms with Crippen LogP contribution in [0.15, 0.2) is 0 Å². The maximum absolute atomic E-state index is 8.52. The van der Waals surface area contributed by atoms with Crippen LogP contribution in [0.3, 0.4) is 0 Å². The topological polar surface area (TPSA) is 551 Å². The van der Waals surface area contributed by atoms with Gasteiger partial charge in [0.25, 0.3) is 0 Å². The summed E-state index contributed by atoms with van der Waals surface area (Å²) >= 11 is 0. The fourth-order valence-electron chi connectivity index (χ4n) is 0. The molecule has 0 bridgehead atoms. The fourth-order valence-corrected chi connectivity index (χ4v) is 0. The third-order valence-electron chi connectivity index (χ3n) is 0. The van der Waals surface area contributed by atoms with Crippen LogP contribution in [-0.4, -0.2) is 115 Å². The normalized spacial score (nSPS) is 8.06. The summed E-state index contributed by atoms with van der Waals surface area (Å²) in [5.41, 5.74) is 0. The van der Waals surface area contributed by atoms with Gasteiger partial charge < -0.3 is 72.9 Å². The summed E-state index contributed by atoms with van der Waals surface area (Å²) in [6.45, 7) is 0. The minimum absolute atomic E-state index is 0. The Kier molecular flexibility index (Phi) is 140. The average Bonchev–Trinajstić information content (AvgIpc) is 1.79. The molecule has 0 aliphatic rings. The monoisotopic (exact) mass is 906 g/mol. The first kappa shape index (κ1) is 107. The van der Waals surface area contributed by atoms with Gasteiger partial charge in [0.1, 0.15) is 0 Å². The molecule has 0 aliphatic heterocycles. The predicted molar refractivity (Wildman–Crippen MR) is 62.1 cm³/mol. The van der Waals surface area contributed by atoms with Gasteiger partial charge in [-0.1, -0.05) is 0 Å². The molecule has 5 N–H and O–H groups in total. The predicted octanol–water partition coefficient (Wildman–Crippen LogP) is -7.59. The third kappa shape index (κ3) is 9350. The van der Waals surface area contributed by atoms with Crippen LogP contribution in [0.25, 0.3) is 0 Å². The van der Waals surface area contributed by atoms with Gasteiger partial charge in [0.05, 0.1) is 0 Å². The third-order valence-corrected chi connectivity index (χ3v) is 0. The maximum Gasteiger partial charge on any atom is 3.00 e. The number of hydrogen-bond donors (Lipinski definition) is 0. The van der Waals surface area contributed by atoms with E-state index in [9.17, 15) is 0 Å². The molecule has 0 aromatic carbocycles. The van der Waals surface area contributed by atoms with Crippen LogP contribution in [0, 0.1) is 0 Å². The zero-order chi connectivity index (χ0) is 22.5. The summed E-state index contributed by atoms with van der Waals surface area (Å²) in [4.78, 5) is 0. The Bertz CT molecular complexity index is 639. The molecule has 0 heterocycles. The van der Waals surface area contributed by atoms with Gasteiger partial charge in [0.2, 0.25) is 0 Å². The van der Waals surface area contributed by atoms with Crippen molar-refractivity contribution in [3.8, 4) is 0 Å². The summed E-state index contributed by atoms with van der Waals surface area (Å²) in [5, 5.41) is 0. The molecule has 0 saturated heterocycles. The number of rotatable bonds is 0. The van der Waals surface area contributed by atoms with Crippen LogP contribution in [0.4, 0.5) is 0 Å². The van der Waals surface area contributed by atoms with E-state index in [1.165, 1.54) is 0 Å². The van der Waals surface area contributed by atoms with Gasteiger partial charge in [-0.3, -0.25) is 42.1 Å². The molecule has 0 atom stereocenters. The molecule has 0 fully saturated rings. The van der Waals surface area contributed by atoms with Crippen LogP contribution in [-0.2, 0) is 153 Å². The van der Waals surface area contributed by atoms with Gasteiger partial charge in [-0.05, 0) is 0 Å². The molecule has 3 radical (unpaired) electrons. The Morgan fingerprint density at radius 3 is 0.250 bits per heavy atom. The summed E-state index contributed by atoms with van der Waals surface area (Å²) < 4.78 is 170. The molecule has 0 spiro atoms.